The van der Waals surface area contributed by atoms with E-state index in [0.717, 1.165) is 40.4 Å². The molecule has 0 spiro atoms. The van der Waals surface area contributed by atoms with Crippen LogP contribution in [0.25, 0.3) is 10.2 Å². The summed E-state index contributed by atoms with van der Waals surface area (Å²) in [6.07, 6.45) is 8.49. The molecule has 3 aromatic rings. The number of aromatic nitrogens is 2. The number of ketones is 1. The molecule has 1 N–H and O–H groups in total. The van der Waals surface area contributed by atoms with Gasteiger partial charge in [0.25, 0.3) is 0 Å². The molecule has 3 aliphatic rings. The van der Waals surface area contributed by atoms with E-state index in [9.17, 15) is 14.7 Å². The van der Waals surface area contributed by atoms with Crippen molar-refractivity contribution in [2.24, 2.45) is 34.0 Å². The van der Waals surface area contributed by atoms with Gasteiger partial charge in [-0.25, -0.2) is 4.98 Å². The molecule has 8 atom stereocenters. The Morgan fingerprint density at radius 2 is 1.91 bits per heavy atom. The minimum absolute atomic E-state index is 0.0484. The largest absolute Gasteiger partial charge is 0.461 e. The highest BCUT2D eigenvalue weighted by Gasteiger charge is 2.68. The Labute approximate surface area is 288 Å². The molecule has 2 heterocycles. The molecule has 3 saturated carbocycles. The first-order valence-electron chi connectivity index (χ1n) is 17.2. The number of carbonyl (C=O) groups excluding carboxylic acids is 2. The van der Waals surface area contributed by atoms with Crippen LogP contribution >= 0.6 is 23.1 Å². The van der Waals surface area contributed by atoms with Crippen LogP contribution in [-0.4, -0.2) is 39.8 Å². The summed E-state index contributed by atoms with van der Waals surface area (Å²) >= 11 is 2.99. The number of aliphatic hydroxyl groups is 1. The second-order valence-electron chi connectivity index (χ2n) is 16.1. The maximum absolute atomic E-state index is 13.7. The SMILES string of the molecule is C=C[C@]1(C)C[C@@H](OC(=O)CSc2nc3cc[n+](Cc4ccc(C(C)(C)C)cc4)cc3s2)[C@]2(C)[C@H](C)CC[C@]3(CCC(=O)[C@H]32)[C@@H](C)[C@@H]1O. The lowest BCUT2D eigenvalue weighted by atomic mass is 9.44. The third-order valence-corrected chi connectivity index (χ3v) is 14.6. The summed E-state index contributed by atoms with van der Waals surface area (Å²) in [6.45, 7) is 20.1. The minimum atomic E-state index is -0.671. The highest BCUT2D eigenvalue weighted by molar-refractivity contribution is 8.01. The van der Waals surface area contributed by atoms with Gasteiger partial charge in [-0.15, -0.1) is 17.9 Å². The molecular formula is C39H51N2O4S2+. The lowest BCUT2D eigenvalue weighted by Gasteiger charge is -2.61. The van der Waals surface area contributed by atoms with Gasteiger partial charge in [0.2, 0.25) is 0 Å². The molecule has 0 radical (unpaired) electrons. The molecule has 2 bridgehead atoms. The molecule has 0 unspecified atom stereocenters. The van der Waals surface area contributed by atoms with Gasteiger partial charge in [-0.2, -0.15) is 4.57 Å². The number of Topliss-reactive ketones (excluding diaryl/α,β-unsaturated/α-hetero) is 1. The fourth-order valence-corrected chi connectivity index (χ4v) is 11.1. The van der Waals surface area contributed by atoms with Crippen molar-refractivity contribution in [3.05, 3.63) is 66.5 Å². The number of pyridine rings is 1. The fourth-order valence-electron chi connectivity index (χ4n) is 9.19. The number of rotatable bonds is 7. The molecule has 0 saturated heterocycles. The van der Waals surface area contributed by atoms with E-state index in [-0.39, 0.29) is 46.1 Å². The van der Waals surface area contributed by atoms with Gasteiger partial charge in [0.05, 0.1) is 17.4 Å². The van der Waals surface area contributed by atoms with Crippen LogP contribution in [0, 0.1) is 34.0 Å². The van der Waals surface area contributed by atoms with Gasteiger partial charge >= 0.3 is 5.97 Å². The van der Waals surface area contributed by atoms with E-state index in [4.69, 9.17) is 9.72 Å². The Morgan fingerprint density at radius 3 is 2.60 bits per heavy atom. The van der Waals surface area contributed by atoms with Gasteiger partial charge in [0.15, 0.2) is 23.3 Å². The van der Waals surface area contributed by atoms with Gasteiger partial charge < -0.3 is 9.84 Å². The average molecular weight is 676 g/mol. The van der Waals surface area contributed by atoms with Crippen LogP contribution in [0.1, 0.15) is 91.7 Å². The van der Waals surface area contributed by atoms with E-state index in [1.54, 1.807) is 11.3 Å². The number of aliphatic hydroxyl groups excluding tert-OH is 1. The van der Waals surface area contributed by atoms with Crippen LogP contribution in [0.3, 0.4) is 0 Å². The Morgan fingerprint density at radius 1 is 1.19 bits per heavy atom. The molecule has 0 aliphatic heterocycles. The van der Waals surface area contributed by atoms with Crippen LogP contribution < -0.4 is 4.57 Å². The smallest absolute Gasteiger partial charge is 0.316 e. The fraction of sp³-hybridized carbons (Fsp3) is 0.590. The predicted molar refractivity (Wildman–Crippen MR) is 189 cm³/mol. The van der Waals surface area contributed by atoms with Crippen LogP contribution in [0.15, 0.2) is 59.7 Å². The summed E-state index contributed by atoms with van der Waals surface area (Å²) in [5.74, 6) is 0.0244. The van der Waals surface area contributed by atoms with Crippen molar-refractivity contribution in [2.45, 2.75) is 109 Å². The lowest BCUT2D eigenvalue weighted by molar-refractivity contribution is -0.687. The number of fused-ring (bicyclic) bond motifs is 1. The van der Waals surface area contributed by atoms with Crippen molar-refractivity contribution in [3.8, 4) is 0 Å². The van der Waals surface area contributed by atoms with E-state index < -0.39 is 23.0 Å². The second kappa shape index (κ2) is 12.4. The number of thioether (sulfide) groups is 1. The second-order valence-corrected chi connectivity index (χ2v) is 18.4. The molecule has 47 heavy (non-hydrogen) atoms. The van der Waals surface area contributed by atoms with Crippen LogP contribution in [-0.2, 0) is 26.3 Å². The van der Waals surface area contributed by atoms with Crippen molar-refractivity contribution < 1.29 is 24.0 Å². The molecule has 0 amide bonds. The molecule has 252 valence electrons. The summed E-state index contributed by atoms with van der Waals surface area (Å²) in [4.78, 5) is 32.1. The van der Waals surface area contributed by atoms with Crippen molar-refractivity contribution in [2.75, 3.05) is 5.75 Å². The van der Waals surface area contributed by atoms with Crippen molar-refractivity contribution in [3.63, 3.8) is 0 Å². The summed E-state index contributed by atoms with van der Waals surface area (Å²) in [6, 6.07) is 10.9. The summed E-state index contributed by atoms with van der Waals surface area (Å²) in [5, 5.41) is 11.8. The quantitative estimate of drug-likeness (QED) is 0.119. The normalized spacial score (nSPS) is 34.0. The number of ether oxygens (including phenoxy) is 1. The standard InChI is InChI=1S/C39H51N2O4S2/c1-9-37(7)20-31(38(8)24(2)14-17-39(25(3)34(37)44)18-15-29(42)33(38)39)45-32(43)23-46-35-40-28-16-19-41(22-30(28)47-35)21-26-10-12-27(13-11-26)36(4,5)6/h9-13,16,19,22,24-25,31,33-34,44H,1,14-15,17-18,20-21,23H2,2-8H3/q+1/t24-,25+,31-,33+,34+,37-,38+,39+/m1/s1. The van der Waals surface area contributed by atoms with E-state index in [1.165, 1.54) is 22.9 Å². The number of hydrogen-bond acceptors (Lipinski definition) is 7. The predicted octanol–water partition coefficient (Wildman–Crippen LogP) is 7.93. The van der Waals surface area contributed by atoms with E-state index >= 15 is 0 Å². The Balaban J connectivity index is 1.18. The highest BCUT2D eigenvalue weighted by atomic mass is 32.2. The zero-order valence-corrected chi connectivity index (χ0v) is 30.7. The zero-order valence-electron chi connectivity index (χ0n) is 29.0. The summed E-state index contributed by atoms with van der Waals surface area (Å²) < 4.78 is 10.5. The minimum Gasteiger partial charge on any atom is -0.461 e. The number of benzene rings is 1. The van der Waals surface area contributed by atoms with Crippen LogP contribution in [0.5, 0.6) is 0 Å². The molecule has 3 aliphatic carbocycles. The van der Waals surface area contributed by atoms with Crippen LogP contribution in [0.2, 0.25) is 0 Å². The zero-order chi connectivity index (χ0) is 33.9. The Bertz CT molecular complexity index is 1680. The van der Waals surface area contributed by atoms with E-state index in [0.29, 0.717) is 12.8 Å². The third-order valence-electron chi connectivity index (χ3n) is 12.4. The van der Waals surface area contributed by atoms with Gasteiger partial charge in [-0.05, 0) is 53.9 Å². The number of thiazole rings is 1. The monoisotopic (exact) mass is 675 g/mol. The van der Waals surface area contributed by atoms with Gasteiger partial charge in [0, 0.05) is 34.8 Å². The highest BCUT2D eigenvalue weighted by Crippen LogP contribution is 2.68. The lowest BCUT2D eigenvalue weighted by Crippen LogP contribution is -2.63. The summed E-state index contributed by atoms with van der Waals surface area (Å²) in [5.41, 5.74) is 2.17. The molecular weight excluding hydrogens is 625 g/mol. The topological polar surface area (TPSA) is 80.4 Å². The van der Waals surface area contributed by atoms with E-state index in [2.05, 4.69) is 89.3 Å². The number of carbonyl (C=O) groups is 2. The first-order valence-corrected chi connectivity index (χ1v) is 19.0. The number of nitrogens with zero attached hydrogens (tertiary/aromatic N) is 2. The summed E-state index contributed by atoms with van der Waals surface area (Å²) in [7, 11) is 0. The molecule has 1 aromatic carbocycles. The molecule has 6 rings (SSSR count). The van der Waals surface area contributed by atoms with Gasteiger partial charge in [0.1, 0.15) is 16.6 Å². The average Bonchev–Trinajstić information content (AvgIpc) is 3.61. The van der Waals surface area contributed by atoms with Gasteiger partial charge in [-0.1, -0.05) is 90.6 Å². The Kier molecular flexibility index (Phi) is 9.06. The molecule has 6 nitrogen and oxygen atoms in total. The number of hydrogen-bond donors (Lipinski definition) is 1. The van der Waals surface area contributed by atoms with Crippen molar-refractivity contribution in [1.82, 2.24) is 4.98 Å². The number of esters is 1. The molecule has 2 aromatic heterocycles. The Hall–Kier alpha value is -2.55. The van der Waals surface area contributed by atoms with Gasteiger partial charge in [-0.3, -0.25) is 9.59 Å². The first kappa shape index (κ1) is 34.3. The molecule has 8 heteroatoms. The molecule has 3 fully saturated rings. The maximum Gasteiger partial charge on any atom is 0.316 e. The van der Waals surface area contributed by atoms with Crippen LogP contribution in [0.4, 0.5) is 0 Å². The maximum atomic E-state index is 13.7. The third kappa shape index (κ3) is 6.01. The first-order chi connectivity index (χ1) is 22.1. The van der Waals surface area contributed by atoms with E-state index in [1.807, 2.05) is 19.1 Å². The van der Waals surface area contributed by atoms with Crippen molar-refractivity contribution in [1.29, 1.82) is 0 Å². The van der Waals surface area contributed by atoms with Crippen molar-refractivity contribution >= 4 is 45.1 Å².